The predicted molar refractivity (Wildman–Crippen MR) is 66.6 cm³/mol. The van der Waals surface area contributed by atoms with Crippen molar-refractivity contribution in [3.8, 4) is 11.4 Å². The number of hydrogen-bond acceptors (Lipinski definition) is 5. The minimum atomic E-state index is 0.646. The molecule has 17 heavy (non-hydrogen) atoms. The molecule has 0 spiro atoms. The number of anilines is 1. The molecule has 0 saturated carbocycles. The lowest BCUT2D eigenvalue weighted by Crippen LogP contribution is -2.06. The molecule has 2 rings (SSSR count). The summed E-state index contributed by atoms with van der Waals surface area (Å²) in [6.07, 6.45) is 6.04. The topological polar surface area (TPSA) is 63.6 Å². The summed E-state index contributed by atoms with van der Waals surface area (Å²) in [5, 5.41) is 3.17. The number of rotatable bonds is 4. The van der Waals surface area contributed by atoms with Gasteiger partial charge >= 0.3 is 0 Å². The molecule has 0 unspecified atom stereocenters. The third-order valence-corrected chi connectivity index (χ3v) is 2.21. The first-order valence-electron chi connectivity index (χ1n) is 5.65. The number of hydrogen-bond donors (Lipinski definition) is 1. The normalized spacial score (nSPS) is 10.2. The lowest BCUT2D eigenvalue weighted by atomic mass is 10.3. The van der Waals surface area contributed by atoms with E-state index in [1.54, 1.807) is 18.6 Å². The fraction of sp³-hybridized carbons (Fsp3) is 0.333. The summed E-state index contributed by atoms with van der Waals surface area (Å²) in [5.74, 6) is 0.646. The summed E-state index contributed by atoms with van der Waals surface area (Å²) in [5.41, 5.74) is 2.47. The van der Waals surface area contributed by atoms with Crippen LogP contribution in [-0.2, 0) is 0 Å². The summed E-state index contributed by atoms with van der Waals surface area (Å²) in [6, 6.07) is 1.90. The highest BCUT2D eigenvalue weighted by Crippen LogP contribution is 2.15. The Morgan fingerprint density at radius 3 is 2.76 bits per heavy atom. The molecule has 5 nitrogen and oxygen atoms in total. The van der Waals surface area contributed by atoms with Crippen molar-refractivity contribution in [3.05, 3.63) is 30.4 Å². The molecular formula is C12H15N5. The first-order chi connectivity index (χ1) is 8.29. The minimum absolute atomic E-state index is 0.646. The van der Waals surface area contributed by atoms with Crippen molar-refractivity contribution in [2.45, 2.75) is 20.3 Å². The van der Waals surface area contributed by atoms with Crippen molar-refractivity contribution in [1.82, 2.24) is 19.9 Å². The number of nitrogens with one attached hydrogen (secondary N) is 1. The average Bonchev–Trinajstić information content (AvgIpc) is 2.37. The van der Waals surface area contributed by atoms with E-state index in [-0.39, 0.29) is 0 Å². The Morgan fingerprint density at radius 1 is 1.18 bits per heavy atom. The van der Waals surface area contributed by atoms with E-state index in [9.17, 15) is 0 Å². The summed E-state index contributed by atoms with van der Waals surface area (Å²) in [4.78, 5) is 17.0. The van der Waals surface area contributed by atoms with Gasteiger partial charge in [0.2, 0.25) is 5.95 Å². The molecule has 1 N–H and O–H groups in total. The number of aryl methyl sites for hydroxylation is 1. The highest BCUT2D eigenvalue weighted by atomic mass is 15.1. The van der Waals surface area contributed by atoms with Gasteiger partial charge in [0.1, 0.15) is 5.69 Å². The van der Waals surface area contributed by atoms with E-state index in [1.165, 1.54) is 0 Å². The van der Waals surface area contributed by atoms with Crippen LogP contribution in [-0.4, -0.2) is 26.5 Å². The second kappa shape index (κ2) is 5.34. The monoisotopic (exact) mass is 229 g/mol. The maximum atomic E-state index is 4.42. The molecule has 88 valence electrons. The smallest absolute Gasteiger partial charge is 0.223 e. The van der Waals surface area contributed by atoms with Gasteiger partial charge in [0.25, 0.3) is 0 Å². The molecule has 2 aromatic heterocycles. The van der Waals surface area contributed by atoms with Gasteiger partial charge in [-0.3, -0.25) is 9.97 Å². The van der Waals surface area contributed by atoms with E-state index < -0.39 is 0 Å². The fourth-order valence-corrected chi connectivity index (χ4v) is 1.45. The third kappa shape index (κ3) is 2.96. The van der Waals surface area contributed by atoms with Gasteiger partial charge in [0, 0.05) is 24.6 Å². The molecule has 5 heteroatoms. The summed E-state index contributed by atoms with van der Waals surface area (Å²) < 4.78 is 0. The molecule has 0 bridgehead atoms. The quantitative estimate of drug-likeness (QED) is 0.869. The molecule has 0 saturated heterocycles. The second-order valence-corrected chi connectivity index (χ2v) is 3.74. The van der Waals surface area contributed by atoms with Gasteiger partial charge in [0.05, 0.1) is 11.9 Å². The van der Waals surface area contributed by atoms with Crippen LogP contribution in [0, 0.1) is 6.92 Å². The lowest BCUT2D eigenvalue weighted by Gasteiger charge is -2.06. The van der Waals surface area contributed by atoms with E-state index in [0.717, 1.165) is 30.0 Å². The van der Waals surface area contributed by atoms with Crippen LogP contribution in [0.15, 0.2) is 24.7 Å². The first kappa shape index (κ1) is 11.4. The Hall–Kier alpha value is -2.04. The van der Waals surface area contributed by atoms with Gasteiger partial charge in [-0.2, -0.15) is 0 Å². The van der Waals surface area contributed by atoms with Crippen molar-refractivity contribution < 1.29 is 0 Å². The van der Waals surface area contributed by atoms with Crippen LogP contribution in [0.25, 0.3) is 11.4 Å². The largest absolute Gasteiger partial charge is 0.354 e. The van der Waals surface area contributed by atoms with Crippen LogP contribution in [0.2, 0.25) is 0 Å². The molecule has 0 amide bonds. The Labute approximate surface area is 100 Å². The lowest BCUT2D eigenvalue weighted by molar-refractivity contribution is 0.946. The average molecular weight is 229 g/mol. The Morgan fingerprint density at radius 2 is 2.06 bits per heavy atom. The van der Waals surface area contributed by atoms with Crippen molar-refractivity contribution in [2.75, 3.05) is 11.9 Å². The van der Waals surface area contributed by atoms with Crippen molar-refractivity contribution in [1.29, 1.82) is 0 Å². The Bertz CT molecular complexity index is 484. The van der Waals surface area contributed by atoms with Crippen molar-refractivity contribution in [3.63, 3.8) is 0 Å². The zero-order chi connectivity index (χ0) is 12.1. The van der Waals surface area contributed by atoms with Gasteiger partial charge in [-0.25, -0.2) is 9.97 Å². The van der Waals surface area contributed by atoms with Crippen LogP contribution in [0.1, 0.15) is 19.0 Å². The van der Waals surface area contributed by atoms with E-state index >= 15 is 0 Å². The van der Waals surface area contributed by atoms with Gasteiger partial charge in [-0.1, -0.05) is 6.92 Å². The van der Waals surface area contributed by atoms with E-state index in [2.05, 4.69) is 32.2 Å². The Balaban J connectivity index is 2.32. The standard InChI is InChI=1S/C12H15N5/c1-3-4-15-12-16-9(2)7-10(17-12)11-8-13-5-6-14-11/h5-8H,3-4H2,1-2H3,(H,15,16,17). The fourth-order valence-electron chi connectivity index (χ4n) is 1.45. The van der Waals surface area contributed by atoms with E-state index in [1.807, 2.05) is 13.0 Å². The summed E-state index contributed by atoms with van der Waals surface area (Å²) in [7, 11) is 0. The van der Waals surface area contributed by atoms with Crippen LogP contribution in [0.4, 0.5) is 5.95 Å². The van der Waals surface area contributed by atoms with Gasteiger partial charge in [0.15, 0.2) is 0 Å². The molecule has 0 aliphatic rings. The molecule has 2 heterocycles. The third-order valence-electron chi connectivity index (χ3n) is 2.21. The van der Waals surface area contributed by atoms with Crippen LogP contribution in [0.3, 0.4) is 0 Å². The maximum absolute atomic E-state index is 4.42. The molecule has 0 fully saturated rings. The van der Waals surface area contributed by atoms with Gasteiger partial charge in [-0.15, -0.1) is 0 Å². The molecule has 0 atom stereocenters. The minimum Gasteiger partial charge on any atom is -0.354 e. The van der Waals surface area contributed by atoms with Crippen molar-refractivity contribution >= 4 is 5.95 Å². The summed E-state index contributed by atoms with van der Waals surface area (Å²) in [6.45, 7) is 4.91. The van der Waals surface area contributed by atoms with E-state index in [4.69, 9.17) is 0 Å². The van der Waals surface area contributed by atoms with Gasteiger partial charge in [-0.05, 0) is 19.4 Å². The van der Waals surface area contributed by atoms with Gasteiger partial charge < -0.3 is 5.32 Å². The maximum Gasteiger partial charge on any atom is 0.223 e. The SMILES string of the molecule is CCCNc1nc(C)cc(-c2cnccn2)n1. The zero-order valence-corrected chi connectivity index (χ0v) is 10.0. The molecule has 0 aliphatic carbocycles. The first-order valence-corrected chi connectivity index (χ1v) is 5.65. The highest BCUT2D eigenvalue weighted by molar-refractivity contribution is 5.54. The number of nitrogens with zero attached hydrogens (tertiary/aromatic N) is 4. The molecular weight excluding hydrogens is 214 g/mol. The van der Waals surface area contributed by atoms with Crippen LogP contribution in [0.5, 0.6) is 0 Å². The summed E-state index contributed by atoms with van der Waals surface area (Å²) >= 11 is 0. The highest BCUT2D eigenvalue weighted by Gasteiger charge is 2.05. The molecule has 0 aromatic carbocycles. The van der Waals surface area contributed by atoms with Crippen LogP contribution >= 0.6 is 0 Å². The zero-order valence-electron chi connectivity index (χ0n) is 10.0. The predicted octanol–water partition coefficient (Wildman–Crippen LogP) is 2.06. The second-order valence-electron chi connectivity index (χ2n) is 3.74. The molecule has 2 aromatic rings. The van der Waals surface area contributed by atoms with Crippen LogP contribution < -0.4 is 5.32 Å². The Kier molecular flexibility index (Phi) is 3.59. The molecule has 0 aliphatic heterocycles. The van der Waals surface area contributed by atoms with E-state index in [0.29, 0.717) is 5.95 Å². The molecule has 0 radical (unpaired) electrons. The number of aromatic nitrogens is 4. The van der Waals surface area contributed by atoms with Crippen molar-refractivity contribution in [2.24, 2.45) is 0 Å².